The summed E-state index contributed by atoms with van der Waals surface area (Å²) in [4.78, 5) is 0. The van der Waals surface area contributed by atoms with Crippen LogP contribution in [0.1, 0.15) is 40.5 Å². The maximum Gasteiger partial charge on any atom is 0.00951 e. The molecule has 1 heteroatoms. The molecule has 1 nitrogen and oxygen atoms in total. The summed E-state index contributed by atoms with van der Waals surface area (Å²) in [6, 6.07) is 0.636. The normalized spacial score (nSPS) is 15.8. The molecule has 0 rings (SSSR count). The molecule has 0 spiro atoms. The van der Waals surface area contributed by atoms with Crippen LogP contribution in [0.5, 0.6) is 0 Å². The summed E-state index contributed by atoms with van der Waals surface area (Å²) in [5, 5.41) is 3.40. The highest BCUT2D eigenvalue weighted by atomic mass is 14.9. The number of nitrogens with one attached hydrogen (secondary N) is 1. The van der Waals surface area contributed by atoms with Gasteiger partial charge in [-0.15, -0.1) is 6.58 Å². The van der Waals surface area contributed by atoms with Gasteiger partial charge in [0.05, 0.1) is 0 Å². The maximum absolute atomic E-state index is 3.94. The Morgan fingerprint density at radius 2 is 1.85 bits per heavy atom. The minimum Gasteiger partial charge on any atom is -0.317 e. The van der Waals surface area contributed by atoms with Gasteiger partial charge in [-0.25, -0.2) is 0 Å². The summed E-state index contributed by atoms with van der Waals surface area (Å²) in [6.45, 7) is 12.9. The molecule has 0 heterocycles. The van der Waals surface area contributed by atoms with Gasteiger partial charge in [-0.3, -0.25) is 0 Å². The molecule has 0 radical (unpaired) electrons. The van der Waals surface area contributed by atoms with Crippen LogP contribution in [0.4, 0.5) is 0 Å². The van der Waals surface area contributed by atoms with E-state index in [9.17, 15) is 0 Å². The molecule has 0 aliphatic heterocycles. The van der Waals surface area contributed by atoms with Crippen molar-refractivity contribution in [2.75, 3.05) is 7.05 Å². The third-order valence-electron chi connectivity index (χ3n) is 2.94. The predicted molar refractivity (Wildman–Crippen MR) is 60.9 cm³/mol. The fourth-order valence-electron chi connectivity index (χ4n) is 1.54. The lowest BCUT2D eigenvalue weighted by molar-refractivity contribution is 0.298. The summed E-state index contributed by atoms with van der Waals surface area (Å²) in [7, 11) is 2.06. The summed E-state index contributed by atoms with van der Waals surface area (Å²) in [6.07, 6.45) is 2.35. The number of hydrogen-bond donors (Lipinski definition) is 1. The largest absolute Gasteiger partial charge is 0.317 e. The molecule has 0 aliphatic carbocycles. The minimum absolute atomic E-state index is 0.636. The lowest BCUT2D eigenvalue weighted by Crippen LogP contribution is -2.34. The first-order valence-electron chi connectivity index (χ1n) is 5.30. The first kappa shape index (κ1) is 12.7. The smallest absolute Gasteiger partial charge is 0.00951 e. The standard InChI is InChI=1S/C12H25N/c1-9(2)7-8-12(13-6)11(5)10(3)4/h10-13H,1,7-8H2,2-6H3. The third-order valence-corrected chi connectivity index (χ3v) is 2.94. The van der Waals surface area contributed by atoms with Gasteiger partial charge in [-0.05, 0) is 38.6 Å². The van der Waals surface area contributed by atoms with Gasteiger partial charge in [-0.1, -0.05) is 26.3 Å². The molecule has 78 valence electrons. The molecule has 0 aromatic rings. The molecular formula is C12H25N. The Bertz CT molecular complexity index is 149. The molecule has 0 bridgehead atoms. The Kier molecular flexibility index (Phi) is 6.06. The van der Waals surface area contributed by atoms with Crippen LogP contribution in [0.25, 0.3) is 0 Å². The van der Waals surface area contributed by atoms with Crippen LogP contribution in [0.15, 0.2) is 12.2 Å². The second-order valence-electron chi connectivity index (χ2n) is 4.49. The molecule has 2 unspecified atom stereocenters. The van der Waals surface area contributed by atoms with Crippen molar-refractivity contribution in [3.05, 3.63) is 12.2 Å². The summed E-state index contributed by atoms with van der Waals surface area (Å²) < 4.78 is 0. The van der Waals surface area contributed by atoms with Gasteiger partial charge in [0.2, 0.25) is 0 Å². The molecule has 0 aromatic carbocycles. The Morgan fingerprint density at radius 1 is 1.31 bits per heavy atom. The van der Waals surface area contributed by atoms with E-state index in [1.165, 1.54) is 12.0 Å². The van der Waals surface area contributed by atoms with E-state index in [0.29, 0.717) is 6.04 Å². The van der Waals surface area contributed by atoms with Gasteiger partial charge in [0.15, 0.2) is 0 Å². The fraction of sp³-hybridized carbons (Fsp3) is 0.833. The Balaban J connectivity index is 3.94. The number of hydrogen-bond acceptors (Lipinski definition) is 1. The van der Waals surface area contributed by atoms with Gasteiger partial charge in [0, 0.05) is 6.04 Å². The highest BCUT2D eigenvalue weighted by Gasteiger charge is 2.17. The van der Waals surface area contributed by atoms with Gasteiger partial charge >= 0.3 is 0 Å². The molecule has 0 fully saturated rings. The summed E-state index contributed by atoms with van der Waals surface area (Å²) >= 11 is 0. The topological polar surface area (TPSA) is 12.0 Å². The lowest BCUT2D eigenvalue weighted by Gasteiger charge is -2.26. The van der Waals surface area contributed by atoms with E-state index in [1.54, 1.807) is 0 Å². The van der Waals surface area contributed by atoms with E-state index in [-0.39, 0.29) is 0 Å². The van der Waals surface area contributed by atoms with Crippen molar-refractivity contribution in [2.24, 2.45) is 11.8 Å². The van der Waals surface area contributed by atoms with Crippen LogP contribution >= 0.6 is 0 Å². The first-order valence-corrected chi connectivity index (χ1v) is 5.30. The van der Waals surface area contributed by atoms with Crippen molar-refractivity contribution in [3.8, 4) is 0 Å². The molecule has 0 aliphatic rings. The van der Waals surface area contributed by atoms with Gasteiger partial charge in [0.1, 0.15) is 0 Å². The highest BCUT2D eigenvalue weighted by molar-refractivity contribution is 4.90. The van der Waals surface area contributed by atoms with Crippen molar-refractivity contribution in [3.63, 3.8) is 0 Å². The number of allylic oxidation sites excluding steroid dienone is 1. The van der Waals surface area contributed by atoms with Crippen molar-refractivity contribution in [1.29, 1.82) is 0 Å². The van der Waals surface area contributed by atoms with E-state index in [1.807, 2.05) is 0 Å². The minimum atomic E-state index is 0.636. The van der Waals surface area contributed by atoms with Crippen LogP contribution in [0.3, 0.4) is 0 Å². The van der Waals surface area contributed by atoms with Crippen LogP contribution in [0, 0.1) is 11.8 Å². The summed E-state index contributed by atoms with van der Waals surface area (Å²) in [5.74, 6) is 1.49. The molecule has 13 heavy (non-hydrogen) atoms. The van der Waals surface area contributed by atoms with Gasteiger partial charge in [-0.2, -0.15) is 0 Å². The second-order valence-corrected chi connectivity index (χ2v) is 4.49. The molecule has 1 N–H and O–H groups in total. The van der Waals surface area contributed by atoms with E-state index in [0.717, 1.165) is 18.3 Å². The molecule has 0 saturated carbocycles. The second kappa shape index (κ2) is 6.20. The van der Waals surface area contributed by atoms with E-state index in [2.05, 4.69) is 46.6 Å². The zero-order valence-corrected chi connectivity index (χ0v) is 9.85. The van der Waals surface area contributed by atoms with E-state index in [4.69, 9.17) is 0 Å². The van der Waals surface area contributed by atoms with Crippen LogP contribution in [0.2, 0.25) is 0 Å². The zero-order chi connectivity index (χ0) is 10.4. The monoisotopic (exact) mass is 183 g/mol. The van der Waals surface area contributed by atoms with Crippen LogP contribution < -0.4 is 5.32 Å². The molecule has 0 saturated heterocycles. The molecule has 2 atom stereocenters. The van der Waals surface area contributed by atoms with Crippen molar-refractivity contribution in [2.45, 2.75) is 46.6 Å². The van der Waals surface area contributed by atoms with Gasteiger partial charge < -0.3 is 5.32 Å². The predicted octanol–water partition coefficient (Wildman–Crippen LogP) is 3.22. The molecule has 0 amide bonds. The first-order chi connectivity index (χ1) is 5.99. The average molecular weight is 183 g/mol. The van der Waals surface area contributed by atoms with Gasteiger partial charge in [0.25, 0.3) is 0 Å². The average Bonchev–Trinajstić information content (AvgIpc) is 2.04. The number of rotatable bonds is 6. The fourth-order valence-corrected chi connectivity index (χ4v) is 1.54. The Morgan fingerprint density at radius 3 is 2.15 bits per heavy atom. The Labute approximate surface area is 83.6 Å². The molecular weight excluding hydrogens is 158 g/mol. The van der Waals surface area contributed by atoms with E-state index < -0.39 is 0 Å². The lowest BCUT2D eigenvalue weighted by atomic mass is 9.87. The Hall–Kier alpha value is -0.300. The van der Waals surface area contributed by atoms with E-state index >= 15 is 0 Å². The third kappa shape index (κ3) is 5.09. The maximum atomic E-state index is 3.94. The molecule has 0 aromatic heterocycles. The zero-order valence-electron chi connectivity index (χ0n) is 9.85. The van der Waals surface area contributed by atoms with Crippen molar-refractivity contribution in [1.82, 2.24) is 5.32 Å². The highest BCUT2D eigenvalue weighted by Crippen LogP contribution is 2.19. The summed E-state index contributed by atoms with van der Waals surface area (Å²) in [5.41, 5.74) is 1.29. The van der Waals surface area contributed by atoms with Crippen LogP contribution in [-0.2, 0) is 0 Å². The quantitative estimate of drug-likeness (QED) is 0.623. The van der Waals surface area contributed by atoms with Crippen molar-refractivity contribution >= 4 is 0 Å². The SMILES string of the molecule is C=C(C)CCC(NC)C(C)C(C)C. The van der Waals surface area contributed by atoms with Crippen molar-refractivity contribution < 1.29 is 0 Å². The van der Waals surface area contributed by atoms with Crippen LogP contribution in [-0.4, -0.2) is 13.1 Å².